The Morgan fingerprint density at radius 2 is 2.04 bits per heavy atom. The molecule has 1 fully saturated rings. The SMILES string of the molecule is Cc1ccc2c(Cl)cc(Cl)c(OCC(=O)NC3(C#N)CCCCC3)c2n1. The zero-order valence-corrected chi connectivity index (χ0v) is 16.0. The molecule has 5 nitrogen and oxygen atoms in total. The molecule has 1 N–H and O–H groups in total. The Morgan fingerprint density at radius 1 is 1.31 bits per heavy atom. The minimum atomic E-state index is -0.792. The van der Waals surface area contributed by atoms with Gasteiger partial charge in [-0.2, -0.15) is 5.26 Å². The van der Waals surface area contributed by atoms with E-state index in [9.17, 15) is 10.1 Å². The van der Waals surface area contributed by atoms with Crippen molar-refractivity contribution < 1.29 is 9.53 Å². The Hall–Kier alpha value is -2.03. The van der Waals surface area contributed by atoms with Gasteiger partial charge in [-0.1, -0.05) is 42.5 Å². The zero-order chi connectivity index (χ0) is 18.7. The fourth-order valence-electron chi connectivity index (χ4n) is 3.29. The molecule has 1 aliphatic rings. The van der Waals surface area contributed by atoms with Crippen molar-refractivity contribution in [2.24, 2.45) is 0 Å². The maximum Gasteiger partial charge on any atom is 0.259 e. The second-order valence-electron chi connectivity index (χ2n) is 6.61. The van der Waals surface area contributed by atoms with Crippen LogP contribution in [0.15, 0.2) is 18.2 Å². The number of fused-ring (bicyclic) bond motifs is 1. The van der Waals surface area contributed by atoms with Crippen LogP contribution in [-0.2, 0) is 4.79 Å². The molecular weight excluding hydrogens is 373 g/mol. The second kappa shape index (κ2) is 7.69. The van der Waals surface area contributed by atoms with Crippen LogP contribution in [0.5, 0.6) is 5.75 Å². The quantitative estimate of drug-likeness (QED) is 0.827. The summed E-state index contributed by atoms with van der Waals surface area (Å²) >= 11 is 12.5. The van der Waals surface area contributed by atoms with Gasteiger partial charge in [0.15, 0.2) is 12.4 Å². The van der Waals surface area contributed by atoms with E-state index >= 15 is 0 Å². The first-order chi connectivity index (χ1) is 12.4. The van der Waals surface area contributed by atoms with Gasteiger partial charge in [0.1, 0.15) is 11.1 Å². The van der Waals surface area contributed by atoms with Crippen LogP contribution in [0.1, 0.15) is 37.8 Å². The lowest BCUT2D eigenvalue weighted by molar-refractivity contribution is -0.124. The van der Waals surface area contributed by atoms with Crippen molar-refractivity contribution in [2.75, 3.05) is 6.61 Å². The summed E-state index contributed by atoms with van der Waals surface area (Å²) in [5.74, 6) is -0.0279. The number of pyridine rings is 1. The number of amides is 1. The average molecular weight is 392 g/mol. The molecule has 0 bridgehead atoms. The summed E-state index contributed by atoms with van der Waals surface area (Å²) in [7, 11) is 0. The van der Waals surface area contributed by atoms with E-state index in [0.29, 0.717) is 39.5 Å². The number of halogens is 2. The molecule has 7 heteroatoms. The first-order valence-corrected chi connectivity index (χ1v) is 9.30. The number of hydrogen-bond acceptors (Lipinski definition) is 4. The first-order valence-electron chi connectivity index (χ1n) is 8.54. The highest BCUT2D eigenvalue weighted by atomic mass is 35.5. The molecule has 1 amide bonds. The third kappa shape index (κ3) is 3.87. The molecule has 0 saturated heterocycles. The lowest BCUT2D eigenvalue weighted by Gasteiger charge is -2.31. The van der Waals surface area contributed by atoms with Gasteiger partial charge in [-0.05, 0) is 38.0 Å². The van der Waals surface area contributed by atoms with Gasteiger partial charge in [-0.3, -0.25) is 4.79 Å². The van der Waals surface area contributed by atoms with E-state index in [1.54, 1.807) is 6.07 Å². The van der Waals surface area contributed by atoms with E-state index in [2.05, 4.69) is 16.4 Å². The fraction of sp³-hybridized carbons (Fsp3) is 0.421. The first kappa shape index (κ1) is 18.8. The molecule has 0 atom stereocenters. The van der Waals surface area contributed by atoms with Gasteiger partial charge in [0, 0.05) is 11.1 Å². The molecule has 1 aromatic heterocycles. The van der Waals surface area contributed by atoms with Crippen LogP contribution in [-0.4, -0.2) is 23.0 Å². The third-order valence-electron chi connectivity index (χ3n) is 4.62. The smallest absolute Gasteiger partial charge is 0.259 e. The van der Waals surface area contributed by atoms with Crippen LogP contribution in [0.2, 0.25) is 10.0 Å². The molecule has 0 aliphatic heterocycles. The van der Waals surface area contributed by atoms with Gasteiger partial charge in [-0.15, -0.1) is 0 Å². The van der Waals surface area contributed by atoms with Gasteiger partial charge in [0.25, 0.3) is 5.91 Å². The molecule has 26 heavy (non-hydrogen) atoms. The summed E-state index contributed by atoms with van der Waals surface area (Å²) in [4.78, 5) is 16.8. The minimum Gasteiger partial charge on any atom is -0.480 e. The minimum absolute atomic E-state index is 0.241. The molecule has 1 saturated carbocycles. The molecule has 0 radical (unpaired) electrons. The number of aromatic nitrogens is 1. The van der Waals surface area contributed by atoms with Gasteiger partial charge >= 0.3 is 0 Å². The number of carbonyl (C=O) groups is 1. The summed E-state index contributed by atoms with van der Waals surface area (Å²) in [6, 6.07) is 7.52. The van der Waals surface area contributed by atoms with Gasteiger partial charge in [0.2, 0.25) is 0 Å². The highest BCUT2D eigenvalue weighted by Gasteiger charge is 2.33. The molecule has 1 heterocycles. The largest absolute Gasteiger partial charge is 0.480 e. The molecule has 136 valence electrons. The summed E-state index contributed by atoms with van der Waals surface area (Å²) in [5, 5.41) is 13.8. The number of ether oxygens (including phenoxy) is 1. The Bertz CT molecular complexity index is 886. The standard InChI is InChI=1S/C19H19Cl2N3O2/c1-12-5-6-13-14(20)9-15(21)18(17(13)23-12)26-10-16(25)24-19(11-22)7-3-2-4-8-19/h5-6,9H,2-4,7-8,10H2,1H3,(H,24,25). The van der Waals surface area contributed by atoms with E-state index in [0.717, 1.165) is 25.0 Å². The number of benzene rings is 1. The van der Waals surface area contributed by atoms with Gasteiger partial charge < -0.3 is 10.1 Å². The Morgan fingerprint density at radius 3 is 2.73 bits per heavy atom. The monoisotopic (exact) mass is 391 g/mol. The maximum atomic E-state index is 12.4. The zero-order valence-electron chi connectivity index (χ0n) is 14.4. The number of hydrogen-bond donors (Lipinski definition) is 1. The van der Waals surface area contributed by atoms with E-state index < -0.39 is 5.54 Å². The highest BCUT2D eigenvalue weighted by Crippen LogP contribution is 2.37. The predicted molar refractivity (Wildman–Crippen MR) is 102 cm³/mol. The van der Waals surface area contributed by atoms with Crippen molar-refractivity contribution >= 4 is 40.0 Å². The maximum absolute atomic E-state index is 12.4. The second-order valence-corrected chi connectivity index (χ2v) is 7.42. The number of rotatable bonds is 4. The van der Waals surface area contributed by atoms with E-state index in [1.165, 1.54) is 0 Å². The van der Waals surface area contributed by atoms with Crippen LogP contribution in [0.4, 0.5) is 0 Å². The molecule has 0 spiro atoms. The average Bonchev–Trinajstić information content (AvgIpc) is 2.62. The van der Waals surface area contributed by atoms with E-state index in [-0.39, 0.29) is 12.5 Å². The van der Waals surface area contributed by atoms with Crippen LogP contribution >= 0.6 is 23.2 Å². The summed E-state index contributed by atoms with van der Waals surface area (Å²) in [6.07, 6.45) is 4.30. The number of carbonyl (C=O) groups excluding carboxylic acids is 1. The molecule has 1 aromatic carbocycles. The topological polar surface area (TPSA) is 75.0 Å². The van der Waals surface area contributed by atoms with Gasteiger partial charge in [-0.25, -0.2) is 4.98 Å². The van der Waals surface area contributed by atoms with Crippen molar-refractivity contribution in [3.05, 3.63) is 33.9 Å². The van der Waals surface area contributed by atoms with Crippen LogP contribution in [0.3, 0.4) is 0 Å². The lowest BCUT2D eigenvalue weighted by atomic mass is 9.83. The molecule has 1 aliphatic carbocycles. The summed E-state index contributed by atoms with van der Waals surface area (Å²) in [5.41, 5.74) is 0.512. The Balaban J connectivity index is 1.78. The van der Waals surface area contributed by atoms with E-state index in [1.807, 2.05) is 19.1 Å². The lowest BCUT2D eigenvalue weighted by Crippen LogP contribution is -2.50. The molecule has 0 unspecified atom stereocenters. The molecule has 3 rings (SSSR count). The van der Waals surface area contributed by atoms with Crippen LogP contribution in [0.25, 0.3) is 10.9 Å². The molecular formula is C19H19Cl2N3O2. The summed E-state index contributed by atoms with van der Waals surface area (Å²) < 4.78 is 5.68. The Labute approximate surface area is 162 Å². The third-order valence-corrected chi connectivity index (χ3v) is 5.22. The normalized spacial score (nSPS) is 16.1. The highest BCUT2D eigenvalue weighted by molar-refractivity contribution is 6.39. The Kier molecular flexibility index (Phi) is 5.55. The number of nitrogens with one attached hydrogen (secondary N) is 1. The van der Waals surface area contributed by atoms with Crippen LogP contribution in [0, 0.1) is 18.3 Å². The van der Waals surface area contributed by atoms with Crippen molar-refractivity contribution in [1.82, 2.24) is 10.3 Å². The van der Waals surface area contributed by atoms with Crippen molar-refractivity contribution in [3.8, 4) is 11.8 Å². The van der Waals surface area contributed by atoms with Crippen molar-refractivity contribution in [2.45, 2.75) is 44.6 Å². The predicted octanol–water partition coefficient (Wildman–Crippen LogP) is 4.57. The van der Waals surface area contributed by atoms with Crippen molar-refractivity contribution in [3.63, 3.8) is 0 Å². The molecule has 2 aromatic rings. The number of aryl methyl sites for hydroxylation is 1. The number of nitrogens with zero attached hydrogens (tertiary/aromatic N) is 2. The fourth-order valence-corrected chi connectivity index (χ4v) is 3.86. The van der Waals surface area contributed by atoms with Gasteiger partial charge in [0.05, 0.1) is 16.1 Å². The van der Waals surface area contributed by atoms with E-state index in [4.69, 9.17) is 27.9 Å². The van der Waals surface area contributed by atoms with Crippen molar-refractivity contribution in [1.29, 1.82) is 5.26 Å². The number of nitriles is 1. The van der Waals surface area contributed by atoms with Crippen LogP contribution < -0.4 is 10.1 Å². The summed E-state index contributed by atoms with van der Waals surface area (Å²) in [6.45, 7) is 1.61.